The monoisotopic (exact) mass is 255 g/mol. The topological polar surface area (TPSA) is 93.4 Å². The second-order valence-electron chi connectivity index (χ2n) is 4.49. The second-order valence-corrected chi connectivity index (χ2v) is 4.49. The molecule has 1 aromatic heterocycles. The number of carboxylic acids is 1. The molecule has 0 radical (unpaired) electrons. The van der Waals surface area contributed by atoms with E-state index in [1.54, 1.807) is 7.05 Å². The summed E-state index contributed by atoms with van der Waals surface area (Å²) in [6.45, 7) is 1.25. The minimum atomic E-state index is -0.964. The lowest BCUT2D eigenvalue weighted by atomic mass is 9.97. The molecule has 0 bridgehead atoms. The fourth-order valence-electron chi connectivity index (χ4n) is 2.43. The first-order valence-electron chi connectivity index (χ1n) is 5.79. The Morgan fingerprint density at radius 2 is 2.39 bits per heavy atom. The van der Waals surface area contributed by atoms with Gasteiger partial charge in [-0.1, -0.05) is 0 Å². The van der Waals surface area contributed by atoms with Crippen molar-refractivity contribution in [1.29, 1.82) is 0 Å². The van der Waals surface area contributed by atoms with Gasteiger partial charge in [-0.3, -0.25) is 9.69 Å². The number of likely N-dealkylation sites (tertiary alicyclic amines) is 1. The van der Waals surface area contributed by atoms with Gasteiger partial charge in [0.05, 0.1) is 20.2 Å². The Hall–Kier alpha value is -1.54. The maximum atomic E-state index is 11.5. The standard InChI is InChI=1S/C10H17N5O3/c1-14-12-8(11-13-14)6-15-5-3-4-10(15,7-18-2)9(16)17/h3-7H2,1-2H3,(H,16,17). The van der Waals surface area contributed by atoms with Crippen LogP contribution in [0.15, 0.2) is 0 Å². The van der Waals surface area contributed by atoms with E-state index < -0.39 is 11.5 Å². The third-order valence-corrected chi connectivity index (χ3v) is 3.29. The molecule has 0 spiro atoms. The van der Waals surface area contributed by atoms with Gasteiger partial charge in [-0.25, -0.2) is 0 Å². The van der Waals surface area contributed by atoms with E-state index >= 15 is 0 Å². The zero-order valence-corrected chi connectivity index (χ0v) is 10.5. The van der Waals surface area contributed by atoms with Crippen molar-refractivity contribution < 1.29 is 14.6 Å². The predicted octanol–water partition coefficient (Wildman–Crippen LogP) is -0.724. The van der Waals surface area contributed by atoms with E-state index in [0.29, 0.717) is 25.3 Å². The van der Waals surface area contributed by atoms with Crippen molar-refractivity contribution in [3.05, 3.63) is 5.82 Å². The highest BCUT2D eigenvalue weighted by molar-refractivity contribution is 5.79. The summed E-state index contributed by atoms with van der Waals surface area (Å²) >= 11 is 0. The van der Waals surface area contributed by atoms with Crippen LogP contribution >= 0.6 is 0 Å². The first-order valence-corrected chi connectivity index (χ1v) is 5.79. The van der Waals surface area contributed by atoms with Crippen LogP contribution in [0.1, 0.15) is 18.7 Å². The van der Waals surface area contributed by atoms with E-state index in [9.17, 15) is 9.90 Å². The minimum absolute atomic E-state index is 0.169. The third-order valence-electron chi connectivity index (χ3n) is 3.29. The van der Waals surface area contributed by atoms with Crippen molar-refractivity contribution in [2.45, 2.75) is 24.9 Å². The molecular weight excluding hydrogens is 238 g/mol. The molecule has 1 aromatic rings. The molecule has 0 saturated carbocycles. The molecule has 0 amide bonds. The van der Waals surface area contributed by atoms with Gasteiger partial charge in [-0.2, -0.15) is 4.80 Å². The molecular formula is C10H17N5O3. The number of aliphatic carboxylic acids is 1. The fraction of sp³-hybridized carbons (Fsp3) is 0.800. The molecule has 1 unspecified atom stereocenters. The van der Waals surface area contributed by atoms with E-state index in [2.05, 4.69) is 15.4 Å². The number of methoxy groups -OCH3 is 1. The number of nitrogens with zero attached hydrogens (tertiary/aromatic N) is 5. The summed E-state index contributed by atoms with van der Waals surface area (Å²) in [6, 6.07) is 0. The van der Waals surface area contributed by atoms with Crippen LogP contribution in [0.4, 0.5) is 0 Å². The molecule has 1 saturated heterocycles. The maximum Gasteiger partial charge on any atom is 0.326 e. The van der Waals surface area contributed by atoms with Crippen molar-refractivity contribution in [1.82, 2.24) is 25.1 Å². The van der Waals surface area contributed by atoms with Crippen LogP contribution in [0.5, 0.6) is 0 Å². The van der Waals surface area contributed by atoms with Gasteiger partial charge in [-0.15, -0.1) is 10.2 Å². The third kappa shape index (κ3) is 2.21. The Morgan fingerprint density at radius 1 is 1.61 bits per heavy atom. The van der Waals surface area contributed by atoms with Gasteiger partial charge in [0.1, 0.15) is 5.54 Å². The molecule has 1 N–H and O–H groups in total. The van der Waals surface area contributed by atoms with E-state index in [0.717, 1.165) is 6.42 Å². The van der Waals surface area contributed by atoms with E-state index in [1.165, 1.54) is 11.9 Å². The quantitative estimate of drug-likeness (QED) is 0.741. The zero-order valence-electron chi connectivity index (χ0n) is 10.5. The van der Waals surface area contributed by atoms with Gasteiger partial charge < -0.3 is 9.84 Å². The number of aryl methyl sites for hydroxylation is 1. The normalized spacial score (nSPS) is 24.6. The number of hydrogen-bond acceptors (Lipinski definition) is 6. The van der Waals surface area contributed by atoms with Gasteiger partial charge in [0, 0.05) is 7.11 Å². The van der Waals surface area contributed by atoms with Crippen molar-refractivity contribution in [3.8, 4) is 0 Å². The second kappa shape index (κ2) is 4.99. The molecule has 1 atom stereocenters. The maximum absolute atomic E-state index is 11.5. The molecule has 8 heteroatoms. The summed E-state index contributed by atoms with van der Waals surface area (Å²) in [4.78, 5) is 14.8. The van der Waals surface area contributed by atoms with Crippen LogP contribution in [0.25, 0.3) is 0 Å². The average Bonchev–Trinajstić information content (AvgIpc) is 2.88. The molecule has 2 heterocycles. The van der Waals surface area contributed by atoms with Crippen molar-refractivity contribution in [2.24, 2.45) is 7.05 Å². The van der Waals surface area contributed by atoms with E-state index in [1.807, 2.05) is 4.90 Å². The summed E-state index contributed by atoms with van der Waals surface area (Å²) in [5.74, 6) is -0.327. The lowest BCUT2D eigenvalue weighted by molar-refractivity contribution is -0.153. The lowest BCUT2D eigenvalue weighted by Gasteiger charge is -2.33. The molecule has 2 rings (SSSR count). The van der Waals surface area contributed by atoms with Gasteiger partial charge >= 0.3 is 5.97 Å². The minimum Gasteiger partial charge on any atom is -0.480 e. The molecule has 1 aliphatic heterocycles. The van der Waals surface area contributed by atoms with Crippen molar-refractivity contribution >= 4 is 5.97 Å². The Labute approximate surface area is 105 Å². The van der Waals surface area contributed by atoms with Gasteiger partial charge in [0.25, 0.3) is 0 Å². The van der Waals surface area contributed by atoms with E-state index in [4.69, 9.17) is 4.74 Å². The summed E-state index contributed by atoms with van der Waals surface area (Å²) < 4.78 is 5.08. The molecule has 0 aromatic carbocycles. The predicted molar refractivity (Wildman–Crippen MR) is 60.7 cm³/mol. The zero-order chi connectivity index (χ0) is 13.2. The van der Waals surface area contributed by atoms with Gasteiger partial charge in [0.15, 0.2) is 5.82 Å². The summed E-state index contributed by atoms with van der Waals surface area (Å²) in [6.07, 6.45) is 1.41. The molecule has 1 aliphatic rings. The van der Waals surface area contributed by atoms with Crippen molar-refractivity contribution in [3.63, 3.8) is 0 Å². The molecule has 18 heavy (non-hydrogen) atoms. The van der Waals surface area contributed by atoms with Crippen LogP contribution in [0, 0.1) is 0 Å². The van der Waals surface area contributed by atoms with Crippen LogP contribution in [-0.2, 0) is 23.1 Å². The Balaban J connectivity index is 2.17. The van der Waals surface area contributed by atoms with E-state index in [-0.39, 0.29) is 6.61 Å². The number of carboxylic acid groups (broad SMARTS) is 1. The van der Waals surface area contributed by atoms with Crippen LogP contribution in [-0.4, -0.2) is 62.0 Å². The number of ether oxygens (including phenoxy) is 1. The highest BCUT2D eigenvalue weighted by Gasteiger charge is 2.48. The molecule has 1 fully saturated rings. The molecule has 0 aliphatic carbocycles. The first kappa shape index (κ1) is 12.9. The molecule has 8 nitrogen and oxygen atoms in total. The Bertz CT molecular complexity index is 435. The first-order chi connectivity index (χ1) is 8.58. The van der Waals surface area contributed by atoms with Crippen LogP contribution < -0.4 is 0 Å². The summed E-state index contributed by atoms with van der Waals surface area (Å²) in [5.41, 5.74) is -0.964. The van der Waals surface area contributed by atoms with Crippen molar-refractivity contribution in [2.75, 3.05) is 20.3 Å². The Morgan fingerprint density at radius 3 is 2.94 bits per heavy atom. The smallest absolute Gasteiger partial charge is 0.326 e. The highest BCUT2D eigenvalue weighted by Crippen LogP contribution is 2.31. The number of hydrogen-bond donors (Lipinski definition) is 1. The van der Waals surface area contributed by atoms with Gasteiger partial charge in [0.2, 0.25) is 0 Å². The molecule has 100 valence electrons. The lowest BCUT2D eigenvalue weighted by Crippen LogP contribution is -2.53. The Kier molecular flexibility index (Phi) is 3.58. The summed E-state index contributed by atoms with van der Waals surface area (Å²) in [5, 5.41) is 21.2. The summed E-state index contributed by atoms with van der Waals surface area (Å²) in [7, 11) is 3.20. The number of carbonyl (C=O) groups is 1. The van der Waals surface area contributed by atoms with Crippen LogP contribution in [0.2, 0.25) is 0 Å². The number of tetrazole rings is 1. The number of rotatable bonds is 5. The van der Waals surface area contributed by atoms with Gasteiger partial charge in [-0.05, 0) is 24.6 Å². The van der Waals surface area contributed by atoms with Crippen LogP contribution in [0.3, 0.4) is 0 Å². The fourth-order valence-corrected chi connectivity index (χ4v) is 2.43. The largest absolute Gasteiger partial charge is 0.480 e. The average molecular weight is 255 g/mol. The SMILES string of the molecule is COCC1(C(=O)O)CCCN1Cc1nnn(C)n1. The number of aromatic nitrogens is 4. The highest BCUT2D eigenvalue weighted by atomic mass is 16.5.